The third kappa shape index (κ3) is 3.91. The lowest BCUT2D eigenvalue weighted by Gasteiger charge is -2.32. The smallest absolute Gasteiger partial charge is 0.303 e. The predicted molar refractivity (Wildman–Crippen MR) is 72.2 cm³/mol. The maximum atomic E-state index is 12.2. The Kier molecular flexibility index (Phi) is 5.33. The average molecular weight is 285 g/mol. The quantitative estimate of drug-likeness (QED) is 0.680. The second-order valence-electron chi connectivity index (χ2n) is 5.41. The number of hydrogen-bond acceptors (Lipinski definition) is 5. The molecule has 2 unspecified atom stereocenters. The van der Waals surface area contributed by atoms with E-state index in [-0.39, 0.29) is 18.7 Å². The Balaban J connectivity index is 1.79. The molecule has 2 fully saturated rings. The van der Waals surface area contributed by atoms with Crippen LogP contribution in [-0.4, -0.2) is 78.3 Å². The zero-order chi connectivity index (χ0) is 14.5. The van der Waals surface area contributed by atoms with Gasteiger partial charge in [-0.3, -0.25) is 14.5 Å². The van der Waals surface area contributed by atoms with E-state index in [1.54, 1.807) is 4.90 Å². The molecule has 0 bridgehead atoms. The Morgan fingerprint density at radius 1 is 1.30 bits per heavy atom. The first-order valence-corrected chi connectivity index (χ1v) is 7.16. The van der Waals surface area contributed by atoms with Gasteiger partial charge in [0.25, 0.3) is 0 Å². The van der Waals surface area contributed by atoms with E-state index in [1.807, 2.05) is 0 Å². The summed E-state index contributed by atoms with van der Waals surface area (Å²) < 4.78 is 5.33. The van der Waals surface area contributed by atoms with Gasteiger partial charge in [0.2, 0.25) is 5.91 Å². The van der Waals surface area contributed by atoms with E-state index in [1.165, 1.54) is 0 Å². The number of aliphatic carboxylic acids is 1. The van der Waals surface area contributed by atoms with Crippen LogP contribution < -0.4 is 5.73 Å². The number of amides is 1. The Bertz CT molecular complexity index is 358. The monoisotopic (exact) mass is 285 g/mol. The van der Waals surface area contributed by atoms with Crippen molar-refractivity contribution >= 4 is 11.9 Å². The minimum atomic E-state index is -0.916. The summed E-state index contributed by atoms with van der Waals surface area (Å²) in [5.41, 5.74) is 5.78. The van der Waals surface area contributed by atoms with Crippen LogP contribution in [0, 0.1) is 0 Å². The summed E-state index contributed by atoms with van der Waals surface area (Å²) in [4.78, 5) is 26.8. The summed E-state index contributed by atoms with van der Waals surface area (Å²) in [6, 6.07) is -0.316. The zero-order valence-electron chi connectivity index (χ0n) is 11.7. The highest BCUT2D eigenvalue weighted by molar-refractivity contribution is 5.82. The summed E-state index contributed by atoms with van der Waals surface area (Å²) in [5, 5.41) is 8.62. The maximum absolute atomic E-state index is 12.2. The van der Waals surface area contributed by atoms with Gasteiger partial charge in [0, 0.05) is 38.6 Å². The molecule has 1 amide bonds. The SMILES string of the molecule is NC(CCC(=O)O)C(=O)N1CCC(N2CCOCC2)C1. The molecule has 2 saturated heterocycles. The molecule has 0 aromatic heterocycles. The van der Waals surface area contributed by atoms with Crippen molar-refractivity contribution in [2.24, 2.45) is 5.73 Å². The number of rotatable bonds is 5. The Morgan fingerprint density at radius 2 is 2.00 bits per heavy atom. The van der Waals surface area contributed by atoms with E-state index < -0.39 is 12.0 Å². The summed E-state index contributed by atoms with van der Waals surface area (Å²) >= 11 is 0. The fourth-order valence-corrected chi connectivity index (χ4v) is 2.82. The molecule has 0 aliphatic carbocycles. The summed E-state index contributed by atoms with van der Waals surface area (Å²) in [5.74, 6) is -1.04. The van der Waals surface area contributed by atoms with Crippen LogP contribution in [0.5, 0.6) is 0 Å². The highest BCUT2D eigenvalue weighted by atomic mass is 16.5. The Morgan fingerprint density at radius 3 is 2.65 bits per heavy atom. The van der Waals surface area contributed by atoms with Gasteiger partial charge in [-0.25, -0.2) is 0 Å². The van der Waals surface area contributed by atoms with Crippen LogP contribution in [0.3, 0.4) is 0 Å². The lowest BCUT2D eigenvalue weighted by molar-refractivity contribution is -0.137. The zero-order valence-corrected chi connectivity index (χ0v) is 11.7. The highest BCUT2D eigenvalue weighted by Crippen LogP contribution is 2.18. The molecular weight excluding hydrogens is 262 g/mol. The number of hydrogen-bond donors (Lipinski definition) is 2. The first-order chi connectivity index (χ1) is 9.58. The van der Waals surface area contributed by atoms with Gasteiger partial charge in [0.1, 0.15) is 0 Å². The molecule has 0 saturated carbocycles. The van der Waals surface area contributed by atoms with E-state index in [4.69, 9.17) is 15.6 Å². The van der Waals surface area contributed by atoms with E-state index >= 15 is 0 Å². The van der Waals surface area contributed by atoms with Gasteiger partial charge < -0.3 is 20.5 Å². The van der Waals surface area contributed by atoms with Crippen LogP contribution in [0.2, 0.25) is 0 Å². The van der Waals surface area contributed by atoms with Crippen molar-refractivity contribution in [2.45, 2.75) is 31.3 Å². The van der Waals surface area contributed by atoms with Gasteiger partial charge in [0.05, 0.1) is 19.3 Å². The molecule has 2 aliphatic heterocycles. The lowest BCUT2D eigenvalue weighted by Crippen LogP contribution is -2.47. The van der Waals surface area contributed by atoms with Crippen LogP contribution >= 0.6 is 0 Å². The fourth-order valence-electron chi connectivity index (χ4n) is 2.82. The number of ether oxygens (including phenoxy) is 1. The highest BCUT2D eigenvalue weighted by Gasteiger charge is 2.32. The second-order valence-corrected chi connectivity index (χ2v) is 5.41. The van der Waals surface area contributed by atoms with Crippen molar-refractivity contribution in [2.75, 3.05) is 39.4 Å². The van der Waals surface area contributed by atoms with E-state index in [2.05, 4.69) is 4.90 Å². The van der Waals surface area contributed by atoms with E-state index in [0.29, 0.717) is 19.1 Å². The van der Waals surface area contributed by atoms with Gasteiger partial charge in [-0.05, 0) is 12.8 Å². The van der Waals surface area contributed by atoms with Crippen LogP contribution in [0.15, 0.2) is 0 Å². The van der Waals surface area contributed by atoms with E-state index in [9.17, 15) is 9.59 Å². The molecule has 7 nitrogen and oxygen atoms in total. The number of nitrogens with two attached hydrogens (primary N) is 1. The summed E-state index contributed by atoms with van der Waals surface area (Å²) in [6.07, 6.45) is 1.10. The number of carboxylic acid groups (broad SMARTS) is 1. The Labute approximate surface area is 118 Å². The average Bonchev–Trinajstić information content (AvgIpc) is 2.94. The van der Waals surface area contributed by atoms with Crippen molar-refractivity contribution in [3.63, 3.8) is 0 Å². The molecule has 0 spiro atoms. The molecule has 0 aromatic carbocycles. The number of nitrogens with zero attached hydrogens (tertiary/aromatic N) is 2. The van der Waals surface area contributed by atoms with Gasteiger partial charge in [-0.15, -0.1) is 0 Å². The molecule has 2 atom stereocenters. The molecule has 114 valence electrons. The molecule has 20 heavy (non-hydrogen) atoms. The molecular formula is C13H23N3O4. The standard InChI is InChI=1S/C13H23N3O4/c14-11(1-2-12(17)18)13(19)16-4-3-10(9-16)15-5-7-20-8-6-15/h10-11H,1-9,14H2,(H,17,18). The maximum Gasteiger partial charge on any atom is 0.303 e. The molecule has 2 aliphatic rings. The van der Waals surface area contributed by atoms with Crippen molar-refractivity contribution in [3.05, 3.63) is 0 Å². The van der Waals surface area contributed by atoms with Gasteiger partial charge in [-0.2, -0.15) is 0 Å². The first kappa shape index (κ1) is 15.2. The fraction of sp³-hybridized carbons (Fsp3) is 0.846. The number of likely N-dealkylation sites (tertiary alicyclic amines) is 1. The van der Waals surface area contributed by atoms with Gasteiger partial charge in [0.15, 0.2) is 0 Å². The predicted octanol–water partition coefficient (Wildman–Crippen LogP) is -0.888. The topological polar surface area (TPSA) is 96.1 Å². The van der Waals surface area contributed by atoms with Crippen LogP contribution in [-0.2, 0) is 14.3 Å². The lowest BCUT2D eigenvalue weighted by atomic mass is 10.1. The number of carboxylic acids is 1. The molecule has 0 aromatic rings. The molecule has 0 radical (unpaired) electrons. The number of carbonyl (C=O) groups is 2. The molecule has 2 heterocycles. The van der Waals surface area contributed by atoms with Crippen molar-refractivity contribution in [1.29, 1.82) is 0 Å². The number of morpholine rings is 1. The largest absolute Gasteiger partial charge is 0.481 e. The van der Waals surface area contributed by atoms with Crippen LogP contribution in [0.4, 0.5) is 0 Å². The van der Waals surface area contributed by atoms with Crippen LogP contribution in [0.1, 0.15) is 19.3 Å². The minimum Gasteiger partial charge on any atom is -0.481 e. The molecule has 3 N–H and O–H groups in total. The number of carbonyl (C=O) groups excluding carboxylic acids is 1. The van der Waals surface area contributed by atoms with Crippen LogP contribution in [0.25, 0.3) is 0 Å². The third-order valence-corrected chi connectivity index (χ3v) is 4.02. The molecule has 7 heteroatoms. The Hall–Kier alpha value is -1.18. The first-order valence-electron chi connectivity index (χ1n) is 7.16. The summed E-state index contributed by atoms with van der Waals surface area (Å²) in [7, 11) is 0. The summed E-state index contributed by atoms with van der Waals surface area (Å²) in [6.45, 7) is 4.74. The van der Waals surface area contributed by atoms with Crippen molar-refractivity contribution < 1.29 is 19.4 Å². The molecule has 2 rings (SSSR count). The van der Waals surface area contributed by atoms with Crippen molar-refractivity contribution in [1.82, 2.24) is 9.80 Å². The minimum absolute atomic E-state index is 0.0619. The van der Waals surface area contributed by atoms with E-state index in [0.717, 1.165) is 32.7 Å². The second kappa shape index (κ2) is 7.01. The van der Waals surface area contributed by atoms with Crippen molar-refractivity contribution in [3.8, 4) is 0 Å². The normalized spacial score (nSPS) is 25.6. The van der Waals surface area contributed by atoms with Gasteiger partial charge in [-0.1, -0.05) is 0 Å². The third-order valence-electron chi connectivity index (χ3n) is 4.02. The van der Waals surface area contributed by atoms with Gasteiger partial charge >= 0.3 is 5.97 Å².